The lowest BCUT2D eigenvalue weighted by atomic mass is 9.95. The number of carbonyl (C=O) groups is 2. The number of anilines is 1. The molecule has 0 saturated heterocycles. The lowest BCUT2D eigenvalue weighted by Crippen LogP contribution is -2.39. The van der Waals surface area contributed by atoms with Gasteiger partial charge >= 0.3 is 6.09 Å². The zero-order chi connectivity index (χ0) is 32.1. The van der Waals surface area contributed by atoms with Gasteiger partial charge in [0.2, 0.25) is 5.95 Å². The lowest BCUT2D eigenvalue weighted by Gasteiger charge is -2.30. The van der Waals surface area contributed by atoms with E-state index in [1.54, 1.807) is 25.3 Å². The van der Waals surface area contributed by atoms with Crippen molar-refractivity contribution in [2.45, 2.75) is 46.3 Å². The molecule has 11 heteroatoms. The van der Waals surface area contributed by atoms with Crippen molar-refractivity contribution in [3.8, 4) is 22.8 Å². The van der Waals surface area contributed by atoms with Crippen molar-refractivity contribution in [2.24, 2.45) is 0 Å². The number of hydrogen-bond acceptors (Lipinski definition) is 8. The van der Waals surface area contributed by atoms with Crippen molar-refractivity contribution in [2.75, 3.05) is 39.2 Å². The third-order valence-corrected chi connectivity index (χ3v) is 7.34. The van der Waals surface area contributed by atoms with Crippen molar-refractivity contribution < 1.29 is 23.8 Å². The molecule has 5 rings (SSSR count). The molecule has 0 spiro atoms. The summed E-state index contributed by atoms with van der Waals surface area (Å²) in [4.78, 5) is 37.5. The molecule has 236 valence electrons. The van der Waals surface area contributed by atoms with E-state index in [9.17, 15) is 9.59 Å². The smallest absolute Gasteiger partial charge is 0.410 e. The van der Waals surface area contributed by atoms with Gasteiger partial charge in [0.05, 0.1) is 19.9 Å². The molecule has 0 saturated carbocycles. The third kappa shape index (κ3) is 7.03. The molecule has 2 amide bonds. The standard InChI is InChI=1S/C34H40N6O5/c1-7-35-31(41)26-21-40-30(37-26)28(22-15-17-39(18-16-22)33(42)45-34(2,3)4)29(23-11-9-8-10-12-23)38-32(40)36-20-24-13-14-25(43-5)19-27(24)44-6/h8-15,19,21H,7,16-18,20H2,1-6H3,(H,35,41)(H,36,38). The van der Waals surface area contributed by atoms with E-state index in [1.165, 1.54) is 0 Å². The van der Waals surface area contributed by atoms with Crippen LogP contribution in [-0.2, 0) is 11.3 Å². The molecule has 0 fully saturated rings. The predicted octanol–water partition coefficient (Wildman–Crippen LogP) is 5.80. The number of carbonyl (C=O) groups excluding carboxylic acids is 2. The number of ether oxygens (including phenoxy) is 3. The fourth-order valence-electron chi connectivity index (χ4n) is 5.19. The number of hydrogen-bond donors (Lipinski definition) is 2. The summed E-state index contributed by atoms with van der Waals surface area (Å²) in [5, 5.41) is 6.31. The topological polar surface area (TPSA) is 119 Å². The number of fused-ring (bicyclic) bond motifs is 1. The number of imidazole rings is 1. The second-order valence-corrected chi connectivity index (χ2v) is 11.6. The minimum Gasteiger partial charge on any atom is -0.497 e. The van der Waals surface area contributed by atoms with Crippen LogP contribution in [0.3, 0.4) is 0 Å². The van der Waals surface area contributed by atoms with Gasteiger partial charge in [-0.15, -0.1) is 0 Å². The molecule has 0 radical (unpaired) electrons. The van der Waals surface area contributed by atoms with Gasteiger partial charge in [-0.05, 0) is 51.8 Å². The Morgan fingerprint density at radius 2 is 1.80 bits per heavy atom. The van der Waals surface area contributed by atoms with Crippen LogP contribution in [0.4, 0.5) is 10.7 Å². The van der Waals surface area contributed by atoms with Gasteiger partial charge in [0.1, 0.15) is 28.4 Å². The predicted molar refractivity (Wildman–Crippen MR) is 174 cm³/mol. The minimum absolute atomic E-state index is 0.273. The van der Waals surface area contributed by atoms with Crippen molar-refractivity contribution in [3.05, 3.63) is 77.6 Å². The summed E-state index contributed by atoms with van der Waals surface area (Å²) in [5.74, 6) is 1.61. The van der Waals surface area contributed by atoms with Gasteiger partial charge in [0, 0.05) is 55.1 Å². The highest BCUT2D eigenvalue weighted by molar-refractivity contribution is 5.95. The molecular weight excluding hydrogens is 572 g/mol. The number of nitrogens with zero attached hydrogens (tertiary/aromatic N) is 4. The molecule has 2 aromatic carbocycles. The Balaban J connectivity index is 1.62. The zero-order valence-corrected chi connectivity index (χ0v) is 26.6. The monoisotopic (exact) mass is 612 g/mol. The number of aromatic nitrogens is 3. The molecule has 3 heterocycles. The molecule has 0 atom stereocenters. The summed E-state index contributed by atoms with van der Waals surface area (Å²) in [5.41, 5.74) is 4.61. The molecule has 0 aliphatic carbocycles. The fourth-order valence-corrected chi connectivity index (χ4v) is 5.19. The highest BCUT2D eigenvalue weighted by Crippen LogP contribution is 2.36. The molecule has 1 aliphatic heterocycles. The number of rotatable bonds is 9. The average Bonchev–Trinajstić information content (AvgIpc) is 3.49. The first-order valence-corrected chi connectivity index (χ1v) is 15.0. The lowest BCUT2D eigenvalue weighted by molar-refractivity contribution is 0.0270. The molecule has 4 aromatic rings. The van der Waals surface area contributed by atoms with E-state index < -0.39 is 5.60 Å². The summed E-state index contributed by atoms with van der Waals surface area (Å²) in [6.07, 6.45) is 3.94. The molecule has 2 aromatic heterocycles. The highest BCUT2D eigenvalue weighted by Gasteiger charge is 2.28. The van der Waals surface area contributed by atoms with E-state index in [0.29, 0.717) is 55.7 Å². The van der Waals surface area contributed by atoms with E-state index in [0.717, 1.165) is 28.0 Å². The Morgan fingerprint density at radius 3 is 2.44 bits per heavy atom. The second-order valence-electron chi connectivity index (χ2n) is 11.6. The van der Waals surface area contributed by atoms with Crippen molar-refractivity contribution in [3.63, 3.8) is 0 Å². The molecule has 11 nitrogen and oxygen atoms in total. The van der Waals surface area contributed by atoms with Crippen LogP contribution in [0.1, 0.15) is 55.7 Å². The Labute approximate surface area is 263 Å². The van der Waals surface area contributed by atoms with Gasteiger partial charge in [-0.25, -0.2) is 14.8 Å². The van der Waals surface area contributed by atoms with Crippen LogP contribution in [-0.4, -0.2) is 70.7 Å². The van der Waals surface area contributed by atoms with Gasteiger partial charge in [0.15, 0.2) is 0 Å². The minimum atomic E-state index is -0.582. The largest absolute Gasteiger partial charge is 0.497 e. The van der Waals surface area contributed by atoms with Crippen molar-refractivity contribution >= 4 is 29.2 Å². The Kier molecular flexibility index (Phi) is 9.26. The van der Waals surface area contributed by atoms with Crippen LogP contribution >= 0.6 is 0 Å². The fraction of sp³-hybridized carbons (Fsp3) is 0.353. The molecule has 0 bridgehead atoms. The van der Waals surface area contributed by atoms with Crippen LogP contribution in [0, 0.1) is 0 Å². The normalized spacial score (nSPS) is 13.3. The summed E-state index contributed by atoms with van der Waals surface area (Å²) in [7, 11) is 3.23. The van der Waals surface area contributed by atoms with Crippen LogP contribution in [0.15, 0.2) is 60.8 Å². The van der Waals surface area contributed by atoms with E-state index in [-0.39, 0.29) is 17.7 Å². The van der Waals surface area contributed by atoms with Gasteiger partial charge in [0.25, 0.3) is 5.91 Å². The third-order valence-electron chi connectivity index (χ3n) is 7.34. The maximum absolute atomic E-state index is 13.0. The maximum Gasteiger partial charge on any atom is 0.410 e. The Morgan fingerprint density at radius 1 is 1.02 bits per heavy atom. The Bertz CT molecular complexity index is 1720. The van der Waals surface area contributed by atoms with Crippen LogP contribution in [0.2, 0.25) is 0 Å². The summed E-state index contributed by atoms with van der Waals surface area (Å²) >= 11 is 0. The molecule has 0 unspecified atom stereocenters. The van der Waals surface area contributed by atoms with Gasteiger partial charge in [-0.3, -0.25) is 9.20 Å². The first-order chi connectivity index (χ1) is 21.6. The summed E-state index contributed by atoms with van der Waals surface area (Å²) < 4.78 is 18.4. The first-order valence-electron chi connectivity index (χ1n) is 15.0. The summed E-state index contributed by atoms with van der Waals surface area (Å²) in [6, 6.07) is 15.5. The van der Waals surface area contributed by atoms with Gasteiger partial charge < -0.3 is 29.7 Å². The van der Waals surface area contributed by atoms with E-state index in [4.69, 9.17) is 24.2 Å². The van der Waals surface area contributed by atoms with Crippen molar-refractivity contribution in [1.82, 2.24) is 24.6 Å². The van der Waals surface area contributed by atoms with Gasteiger partial charge in [-0.2, -0.15) is 0 Å². The zero-order valence-electron chi connectivity index (χ0n) is 26.6. The molecular formula is C34H40N6O5. The number of amides is 2. The van der Waals surface area contributed by atoms with Crippen LogP contribution in [0.25, 0.3) is 22.5 Å². The molecule has 2 N–H and O–H groups in total. The van der Waals surface area contributed by atoms with Crippen molar-refractivity contribution in [1.29, 1.82) is 0 Å². The van der Waals surface area contributed by atoms with E-state index in [2.05, 4.69) is 10.6 Å². The highest BCUT2D eigenvalue weighted by atomic mass is 16.6. The number of nitrogens with one attached hydrogen (secondary N) is 2. The SMILES string of the molecule is CCNC(=O)c1cn2c(NCc3ccc(OC)cc3OC)nc(-c3ccccc3)c(C3=CCN(C(=O)OC(C)(C)C)CC3)c2n1. The number of benzene rings is 2. The Hall–Kier alpha value is -5.06. The second kappa shape index (κ2) is 13.3. The van der Waals surface area contributed by atoms with Crippen LogP contribution < -0.4 is 20.1 Å². The molecule has 1 aliphatic rings. The van der Waals surface area contributed by atoms with Gasteiger partial charge in [-0.1, -0.05) is 36.4 Å². The molecule has 45 heavy (non-hydrogen) atoms. The summed E-state index contributed by atoms with van der Waals surface area (Å²) in [6.45, 7) is 9.16. The average molecular weight is 613 g/mol. The number of methoxy groups -OCH3 is 2. The maximum atomic E-state index is 13.0. The van der Waals surface area contributed by atoms with E-state index in [1.807, 2.05) is 86.7 Å². The van der Waals surface area contributed by atoms with Crippen LogP contribution in [0.5, 0.6) is 11.5 Å². The first kappa shape index (κ1) is 31.4. The quantitative estimate of drug-likeness (QED) is 0.244. The van der Waals surface area contributed by atoms with E-state index >= 15 is 0 Å².